The molecule has 1 heterocycles. The largest absolute Gasteiger partial charge is 0.337 e. The second kappa shape index (κ2) is 4.45. The van der Waals surface area contributed by atoms with E-state index < -0.39 is 0 Å². The minimum Gasteiger partial charge on any atom is -0.337 e. The molecule has 1 aliphatic heterocycles. The van der Waals surface area contributed by atoms with Crippen molar-refractivity contribution in [2.45, 2.75) is 31.8 Å². The zero-order chi connectivity index (χ0) is 12.6. The summed E-state index contributed by atoms with van der Waals surface area (Å²) < 4.78 is 13.2. The molecule has 0 bridgehead atoms. The highest BCUT2D eigenvalue weighted by atomic mass is 19.1. The standard InChI is InChI=1S/C13H17FN2O/c1-8-7-9(3-4-10(8)14)13-11(15)5-6-12(17)16(13)2/h3-4,7,11,13H,5-6,15H2,1-2H3. The molecule has 0 spiro atoms. The fraction of sp³-hybridized carbons (Fsp3) is 0.462. The molecule has 1 saturated heterocycles. The first-order chi connectivity index (χ1) is 8.00. The van der Waals surface area contributed by atoms with Gasteiger partial charge in [0.15, 0.2) is 0 Å². The van der Waals surface area contributed by atoms with Gasteiger partial charge >= 0.3 is 0 Å². The van der Waals surface area contributed by atoms with Crippen molar-refractivity contribution in [3.8, 4) is 0 Å². The summed E-state index contributed by atoms with van der Waals surface area (Å²) in [5.41, 5.74) is 7.56. The summed E-state index contributed by atoms with van der Waals surface area (Å²) in [5, 5.41) is 0. The summed E-state index contributed by atoms with van der Waals surface area (Å²) in [6.07, 6.45) is 1.18. The van der Waals surface area contributed by atoms with E-state index in [4.69, 9.17) is 5.73 Å². The molecule has 2 atom stereocenters. The predicted molar refractivity (Wildman–Crippen MR) is 63.9 cm³/mol. The summed E-state index contributed by atoms with van der Waals surface area (Å²) in [7, 11) is 1.75. The topological polar surface area (TPSA) is 46.3 Å². The van der Waals surface area contributed by atoms with E-state index in [1.165, 1.54) is 6.07 Å². The number of nitrogens with zero attached hydrogens (tertiary/aromatic N) is 1. The lowest BCUT2D eigenvalue weighted by Gasteiger charge is -2.37. The number of likely N-dealkylation sites (N-methyl/N-ethyl adjacent to an activating group) is 1. The van der Waals surface area contributed by atoms with Gasteiger partial charge in [-0.15, -0.1) is 0 Å². The van der Waals surface area contributed by atoms with E-state index in [0.29, 0.717) is 18.4 Å². The van der Waals surface area contributed by atoms with Gasteiger partial charge in [0.1, 0.15) is 5.82 Å². The van der Waals surface area contributed by atoms with Crippen LogP contribution in [0, 0.1) is 12.7 Å². The van der Waals surface area contributed by atoms with Gasteiger partial charge in [-0.1, -0.05) is 12.1 Å². The molecule has 2 rings (SSSR count). The number of hydrogen-bond acceptors (Lipinski definition) is 2. The number of benzene rings is 1. The van der Waals surface area contributed by atoms with Crippen molar-refractivity contribution < 1.29 is 9.18 Å². The number of aryl methyl sites for hydroxylation is 1. The SMILES string of the molecule is Cc1cc(C2C(N)CCC(=O)N2C)ccc1F. The lowest BCUT2D eigenvalue weighted by molar-refractivity contribution is -0.135. The number of rotatable bonds is 1. The molecule has 1 aliphatic rings. The van der Waals surface area contributed by atoms with Crippen LogP contribution in [0.1, 0.15) is 30.0 Å². The smallest absolute Gasteiger partial charge is 0.222 e. The van der Waals surface area contributed by atoms with Gasteiger partial charge in [0.25, 0.3) is 0 Å². The maximum Gasteiger partial charge on any atom is 0.222 e. The summed E-state index contributed by atoms with van der Waals surface area (Å²) in [6.45, 7) is 1.72. The molecule has 1 fully saturated rings. The van der Waals surface area contributed by atoms with Crippen molar-refractivity contribution in [1.82, 2.24) is 4.90 Å². The number of carbonyl (C=O) groups is 1. The van der Waals surface area contributed by atoms with Crippen molar-refractivity contribution >= 4 is 5.91 Å². The zero-order valence-electron chi connectivity index (χ0n) is 10.1. The maximum atomic E-state index is 13.2. The number of amides is 1. The van der Waals surface area contributed by atoms with Crippen LogP contribution < -0.4 is 5.73 Å². The number of halogens is 1. The molecule has 0 aliphatic carbocycles. The van der Waals surface area contributed by atoms with E-state index in [1.807, 2.05) is 0 Å². The van der Waals surface area contributed by atoms with Crippen LogP contribution in [0.2, 0.25) is 0 Å². The third-order valence-electron chi connectivity index (χ3n) is 3.43. The van der Waals surface area contributed by atoms with Crippen LogP contribution in [0.5, 0.6) is 0 Å². The molecule has 92 valence electrons. The average Bonchev–Trinajstić information content (AvgIpc) is 2.29. The van der Waals surface area contributed by atoms with Crippen molar-refractivity contribution in [1.29, 1.82) is 0 Å². The Bertz CT molecular complexity index is 447. The Morgan fingerprint density at radius 2 is 2.18 bits per heavy atom. The molecule has 1 aromatic carbocycles. The molecule has 1 aromatic rings. The third-order valence-corrected chi connectivity index (χ3v) is 3.43. The van der Waals surface area contributed by atoms with E-state index in [1.54, 1.807) is 31.0 Å². The second-order valence-electron chi connectivity index (χ2n) is 4.66. The van der Waals surface area contributed by atoms with Gasteiger partial charge in [-0.3, -0.25) is 4.79 Å². The number of carbonyl (C=O) groups excluding carboxylic acids is 1. The molecule has 0 aromatic heterocycles. The van der Waals surface area contributed by atoms with E-state index in [0.717, 1.165) is 5.56 Å². The van der Waals surface area contributed by atoms with Crippen molar-refractivity contribution in [2.24, 2.45) is 5.73 Å². The monoisotopic (exact) mass is 236 g/mol. The van der Waals surface area contributed by atoms with Crippen LogP contribution in [0.25, 0.3) is 0 Å². The molecular formula is C13H17FN2O. The Morgan fingerprint density at radius 1 is 1.47 bits per heavy atom. The minimum absolute atomic E-state index is 0.0810. The number of nitrogens with two attached hydrogens (primary N) is 1. The number of likely N-dealkylation sites (tertiary alicyclic amines) is 1. The van der Waals surface area contributed by atoms with Crippen molar-refractivity contribution in [3.63, 3.8) is 0 Å². The van der Waals surface area contributed by atoms with Gasteiger partial charge in [-0.05, 0) is 30.5 Å². The molecule has 3 nitrogen and oxygen atoms in total. The van der Waals surface area contributed by atoms with Crippen LogP contribution in [-0.2, 0) is 4.79 Å². The maximum absolute atomic E-state index is 13.2. The van der Waals surface area contributed by atoms with Crippen LogP contribution in [0.15, 0.2) is 18.2 Å². The molecular weight excluding hydrogens is 219 g/mol. The van der Waals surface area contributed by atoms with E-state index in [-0.39, 0.29) is 23.8 Å². The van der Waals surface area contributed by atoms with E-state index >= 15 is 0 Å². The lowest BCUT2D eigenvalue weighted by Crippen LogP contribution is -2.46. The summed E-state index contributed by atoms with van der Waals surface area (Å²) in [6, 6.07) is 4.69. The van der Waals surface area contributed by atoms with Gasteiger partial charge in [0, 0.05) is 19.5 Å². The highest BCUT2D eigenvalue weighted by molar-refractivity contribution is 5.77. The summed E-state index contributed by atoms with van der Waals surface area (Å²) in [4.78, 5) is 13.3. The Morgan fingerprint density at radius 3 is 2.82 bits per heavy atom. The number of hydrogen-bond donors (Lipinski definition) is 1. The third kappa shape index (κ3) is 2.17. The molecule has 2 unspecified atom stereocenters. The molecule has 0 radical (unpaired) electrons. The normalized spacial score (nSPS) is 25.2. The van der Waals surface area contributed by atoms with Crippen LogP contribution >= 0.6 is 0 Å². The first-order valence-electron chi connectivity index (χ1n) is 5.78. The Balaban J connectivity index is 2.36. The van der Waals surface area contributed by atoms with Crippen LogP contribution in [-0.4, -0.2) is 23.9 Å². The van der Waals surface area contributed by atoms with Gasteiger partial charge in [-0.2, -0.15) is 0 Å². The zero-order valence-corrected chi connectivity index (χ0v) is 10.1. The Labute approximate surface area is 100 Å². The molecule has 2 N–H and O–H groups in total. The van der Waals surface area contributed by atoms with Gasteiger partial charge in [0.2, 0.25) is 5.91 Å². The Hall–Kier alpha value is -1.42. The van der Waals surface area contributed by atoms with Gasteiger partial charge in [-0.25, -0.2) is 4.39 Å². The molecule has 0 saturated carbocycles. The van der Waals surface area contributed by atoms with E-state index in [9.17, 15) is 9.18 Å². The quantitative estimate of drug-likeness (QED) is 0.807. The van der Waals surface area contributed by atoms with Crippen molar-refractivity contribution in [2.75, 3.05) is 7.05 Å². The van der Waals surface area contributed by atoms with Crippen LogP contribution in [0.4, 0.5) is 4.39 Å². The fourth-order valence-corrected chi connectivity index (χ4v) is 2.39. The average molecular weight is 236 g/mol. The summed E-state index contributed by atoms with van der Waals surface area (Å²) in [5.74, 6) is -0.134. The Kier molecular flexibility index (Phi) is 3.15. The van der Waals surface area contributed by atoms with Gasteiger partial charge in [0.05, 0.1) is 6.04 Å². The first kappa shape index (κ1) is 12.0. The predicted octanol–water partition coefficient (Wildman–Crippen LogP) is 1.75. The highest BCUT2D eigenvalue weighted by Gasteiger charge is 2.32. The minimum atomic E-state index is -0.230. The molecule has 17 heavy (non-hydrogen) atoms. The van der Waals surface area contributed by atoms with Crippen LogP contribution in [0.3, 0.4) is 0 Å². The first-order valence-corrected chi connectivity index (χ1v) is 5.78. The van der Waals surface area contributed by atoms with E-state index in [2.05, 4.69) is 0 Å². The molecule has 1 amide bonds. The fourth-order valence-electron chi connectivity index (χ4n) is 2.39. The van der Waals surface area contributed by atoms with Crippen molar-refractivity contribution in [3.05, 3.63) is 35.1 Å². The highest BCUT2D eigenvalue weighted by Crippen LogP contribution is 2.30. The lowest BCUT2D eigenvalue weighted by atomic mass is 9.90. The second-order valence-corrected chi connectivity index (χ2v) is 4.66. The van der Waals surface area contributed by atoms with Gasteiger partial charge < -0.3 is 10.6 Å². The number of piperidine rings is 1. The summed E-state index contributed by atoms with van der Waals surface area (Å²) >= 11 is 0. The molecule has 4 heteroatoms.